The standard InChI is InChI=1S/C17H16N2O2S/c1-22-17-18-15(16(20)19-17)11-12-6-5-9-14(10-12)21-13-7-3-2-4-8-13/h2-11,17-18H,1H3,(H,19,20). The van der Waals surface area contributed by atoms with Crippen LogP contribution in [0.1, 0.15) is 5.56 Å². The molecular weight excluding hydrogens is 296 g/mol. The summed E-state index contributed by atoms with van der Waals surface area (Å²) in [5.41, 5.74) is 1.41. The maximum atomic E-state index is 11.8. The Morgan fingerprint density at radius 1 is 1.05 bits per heavy atom. The van der Waals surface area contributed by atoms with Crippen molar-refractivity contribution in [3.63, 3.8) is 0 Å². The Morgan fingerprint density at radius 3 is 2.55 bits per heavy atom. The van der Waals surface area contributed by atoms with Gasteiger partial charge < -0.3 is 15.4 Å². The zero-order valence-corrected chi connectivity index (χ0v) is 12.9. The maximum Gasteiger partial charge on any atom is 0.269 e. The molecule has 1 fully saturated rings. The zero-order chi connectivity index (χ0) is 15.4. The normalized spacial score (nSPS) is 18.9. The molecule has 22 heavy (non-hydrogen) atoms. The number of thioether (sulfide) groups is 1. The van der Waals surface area contributed by atoms with E-state index in [0.717, 1.165) is 17.1 Å². The molecule has 1 unspecified atom stereocenters. The summed E-state index contributed by atoms with van der Waals surface area (Å²) in [4.78, 5) is 11.8. The van der Waals surface area contributed by atoms with Gasteiger partial charge in [0.1, 0.15) is 22.7 Å². The molecule has 0 aromatic heterocycles. The molecule has 5 heteroatoms. The second-order valence-corrected chi connectivity index (χ2v) is 5.72. The summed E-state index contributed by atoms with van der Waals surface area (Å²) >= 11 is 1.55. The van der Waals surface area contributed by atoms with Crippen molar-refractivity contribution >= 4 is 23.7 Å². The van der Waals surface area contributed by atoms with Gasteiger partial charge in [0.15, 0.2) is 0 Å². The van der Waals surface area contributed by atoms with E-state index in [4.69, 9.17) is 4.74 Å². The fourth-order valence-corrected chi connectivity index (χ4v) is 2.59. The van der Waals surface area contributed by atoms with E-state index >= 15 is 0 Å². The number of hydrogen-bond donors (Lipinski definition) is 2. The van der Waals surface area contributed by atoms with Crippen molar-refractivity contribution in [2.24, 2.45) is 0 Å². The topological polar surface area (TPSA) is 50.4 Å². The molecule has 1 saturated heterocycles. The van der Waals surface area contributed by atoms with Gasteiger partial charge in [0.05, 0.1) is 0 Å². The van der Waals surface area contributed by atoms with E-state index in [9.17, 15) is 4.79 Å². The lowest BCUT2D eigenvalue weighted by atomic mass is 10.2. The number of ether oxygens (including phenoxy) is 1. The molecule has 0 spiro atoms. The lowest BCUT2D eigenvalue weighted by molar-refractivity contribution is -0.116. The minimum absolute atomic E-state index is 0.0671. The molecule has 1 amide bonds. The van der Waals surface area contributed by atoms with Crippen LogP contribution in [0.3, 0.4) is 0 Å². The highest BCUT2D eigenvalue weighted by atomic mass is 32.2. The first-order valence-corrected chi connectivity index (χ1v) is 8.18. The number of rotatable bonds is 4. The van der Waals surface area contributed by atoms with E-state index in [1.807, 2.05) is 66.9 Å². The number of carbonyl (C=O) groups is 1. The average molecular weight is 312 g/mol. The zero-order valence-electron chi connectivity index (χ0n) is 12.1. The van der Waals surface area contributed by atoms with Crippen LogP contribution in [0.25, 0.3) is 6.08 Å². The third-order valence-electron chi connectivity index (χ3n) is 3.18. The second-order valence-electron chi connectivity index (χ2n) is 4.78. The highest BCUT2D eigenvalue weighted by Crippen LogP contribution is 2.23. The maximum absolute atomic E-state index is 11.8. The van der Waals surface area contributed by atoms with Gasteiger partial charge in [-0.15, -0.1) is 11.8 Å². The van der Waals surface area contributed by atoms with E-state index in [1.54, 1.807) is 11.8 Å². The minimum Gasteiger partial charge on any atom is -0.457 e. The van der Waals surface area contributed by atoms with Gasteiger partial charge in [-0.1, -0.05) is 30.3 Å². The van der Waals surface area contributed by atoms with Crippen LogP contribution < -0.4 is 15.4 Å². The summed E-state index contributed by atoms with van der Waals surface area (Å²) < 4.78 is 5.80. The van der Waals surface area contributed by atoms with Crippen molar-refractivity contribution in [2.45, 2.75) is 5.50 Å². The highest BCUT2D eigenvalue weighted by molar-refractivity contribution is 7.99. The molecule has 0 radical (unpaired) electrons. The molecule has 2 N–H and O–H groups in total. The van der Waals surface area contributed by atoms with Crippen LogP contribution in [0.5, 0.6) is 11.5 Å². The predicted molar refractivity (Wildman–Crippen MR) is 89.5 cm³/mol. The third kappa shape index (κ3) is 3.43. The largest absolute Gasteiger partial charge is 0.457 e. The number of nitrogens with one attached hydrogen (secondary N) is 2. The molecule has 0 bridgehead atoms. The quantitative estimate of drug-likeness (QED) is 0.851. The minimum atomic E-state index is -0.0891. The molecule has 4 nitrogen and oxygen atoms in total. The summed E-state index contributed by atoms with van der Waals surface area (Å²) in [6.45, 7) is 0. The molecule has 1 atom stereocenters. The molecule has 1 aliphatic heterocycles. The van der Waals surface area contributed by atoms with Crippen LogP contribution in [0.15, 0.2) is 60.3 Å². The van der Waals surface area contributed by atoms with Gasteiger partial charge in [0.2, 0.25) is 0 Å². The lowest BCUT2D eigenvalue weighted by Crippen LogP contribution is -2.27. The van der Waals surface area contributed by atoms with Crippen molar-refractivity contribution in [1.29, 1.82) is 0 Å². The SMILES string of the molecule is CSC1NC(=O)C(=Cc2cccc(Oc3ccccc3)c2)N1. The Hall–Kier alpha value is -2.40. The fraction of sp³-hybridized carbons (Fsp3) is 0.118. The van der Waals surface area contributed by atoms with E-state index in [2.05, 4.69) is 10.6 Å². The van der Waals surface area contributed by atoms with Crippen LogP contribution in [-0.4, -0.2) is 17.7 Å². The van der Waals surface area contributed by atoms with Crippen LogP contribution >= 0.6 is 11.8 Å². The van der Waals surface area contributed by atoms with Crippen LogP contribution in [0, 0.1) is 0 Å². The Bertz CT molecular complexity index is 701. The van der Waals surface area contributed by atoms with E-state index in [0.29, 0.717) is 5.70 Å². The molecule has 2 aromatic rings. The molecule has 112 valence electrons. The molecule has 1 heterocycles. The highest BCUT2D eigenvalue weighted by Gasteiger charge is 2.23. The first-order chi connectivity index (χ1) is 10.7. The average Bonchev–Trinajstić information content (AvgIpc) is 2.89. The Kier molecular flexibility index (Phi) is 4.34. The number of hydrogen-bond acceptors (Lipinski definition) is 4. The third-order valence-corrected chi connectivity index (χ3v) is 3.88. The second kappa shape index (κ2) is 6.58. The van der Waals surface area contributed by atoms with Crippen molar-refractivity contribution in [2.75, 3.05) is 6.26 Å². The van der Waals surface area contributed by atoms with E-state index < -0.39 is 0 Å². The summed E-state index contributed by atoms with van der Waals surface area (Å²) in [5, 5.41) is 5.97. The molecule has 0 saturated carbocycles. The van der Waals surface area contributed by atoms with Gasteiger partial charge in [-0.3, -0.25) is 4.79 Å². The first-order valence-electron chi connectivity index (χ1n) is 6.89. The predicted octanol–water partition coefficient (Wildman–Crippen LogP) is 3.19. The van der Waals surface area contributed by atoms with Gasteiger partial charge in [0.25, 0.3) is 5.91 Å². The number of amides is 1. The van der Waals surface area contributed by atoms with Gasteiger partial charge >= 0.3 is 0 Å². The van der Waals surface area contributed by atoms with Gasteiger partial charge in [-0.2, -0.15) is 0 Å². The van der Waals surface area contributed by atoms with Crippen molar-refractivity contribution in [3.05, 3.63) is 65.9 Å². The summed E-state index contributed by atoms with van der Waals surface area (Å²) in [6.07, 6.45) is 3.76. The number of para-hydroxylation sites is 1. The number of benzene rings is 2. The first kappa shape index (κ1) is 14.5. The Balaban J connectivity index is 1.78. The lowest BCUT2D eigenvalue weighted by Gasteiger charge is -2.07. The van der Waals surface area contributed by atoms with Crippen LogP contribution in [-0.2, 0) is 4.79 Å². The van der Waals surface area contributed by atoms with Gasteiger partial charge in [-0.05, 0) is 42.2 Å². The summed E-state index contributed by atoms with van der Waals surface area (Å²) in [5.74, 6) is 1.43. The van der Waals surface area contributed by atoms with Crippen molar-refractivity contribution < 1.29 is 9.53 Å². The molecule has 3 rings (SSSR count). The Labute approximate surface area is 133 Å². The summed E-state index contributed by atoms with van der Waals surface area (Å²) in [6, 6.07) is 17.2. The summed E-state index contributed by atoms with van der Waals surface area (Å²) in [7, 11) is 0. The monoisotopic (exact) mass is 312 g/mol. The van der Waals surface area contributed by atoms with Gasteiger partial charge in [-0.25, -0.2) is 0 Å². The smallest absolute Gasteiger partial charge is 0.269 e. The number of carbonyl (C=O) groups excluding carboxylic acids is 1. The Morgan fingerprint density at radius 2 is 1.82 bits per heavy atom. The van der Waals surface area contributed by atoms with Crippen molar-refractivity contribution in [3.8, 4) is 11.5 Å². The molecule has 0 aliphatic carbocycles. The van der Waals surface area contributed by atoms with E-state index in [1.165, 1.54) is 0 Å². The van der Waals surface area contributed by atoms with Crippen LogP contribution in [0.4, 0.5) is 0 Å². The molecule has 2 aromatic carbocycles. The van der Waals surface area contributed by atoms with Crippen LogP contribution in [0.2, 0.25) is 0 Å². The van der Waals surface area contributed by atoms with E-state index in [-0.39, 0.29) is 11.4 Å². The van der Waals surface area contributed by atoms with Gasteiger partial charge in [0, 0.05) is 0 Å². The van der Waals surface area contributed by atoms with Crippen molar-refractivity contribution in [1.82, 2.24) is 10.6 Å². The molecule has 1 aliphatic rings. The fourth-order valence-electron chi connectivity index (χ4n) is 2.12. The molecular formula is C17H16N2O2S.